The molecule has 3 aromatic rings. The van der Waals surface area contributed by atoms with Crippen molar-refractivity contribution < 1.29 is 9.59 Å². The number of primary amides is 1. The van der Waals surface area contributed by atoms with Crippen molar-refractivity contribution in [2.75, 3.05) is 19.6 Å². The predicted molar refractivity (Wildman–Crippen MR) is 125 cm³/mol. The molecule has 0 spiro atoms. The van der Waals surface area contributed by atoms with Gasteiger partial charge in [-0.05, 0) is 48.5 Å². The number of nitrogens with zero attached hydrogens (tertiary/aromatic N) is 3. The van der Waals surface area contributed by atoms with Crippen molar-refractivity contribution in [3.05, 3.63) is 70.9 Å². The van der Waals surface area contributed by atoms with Crippen LogP contribution in [0.15, 0.2) is 55.1 Å². The van der Waals surface area contributed by atoms with Gasteiger partial charge in [-0.25, -0.2) is 9.97 Å². The number of halogens is 2. The van der Waals surface area contributed by atoms with Crippen LogP contribution in [0.1, 0.15) is 12.1 Å². The van der Waals surface area contributed by atoms with Crippen molar-refractivity contribution in [1.82, 2.24) is 20.2 Å². The van der Waals surface area contributed by atoms with Crippen LogP contribution in [0.5, 0.6) is 0 Å². The number of aromatic nitrogens is 2. The highest BCUT2D eigenvalue weighted by molar-refractivity contribution is 6.31. The van der Waals surface area contributed by atoms with Crippen molar-refractivity contribution in [2.24, 2.45) is 5.73 Å². The lowest BCUT2D eigenvalue weighted by atomic mass is 9.84. The lowest BCUT2D eigenvalue weighted by Gasteiger charge is -2.46. The third-order valence-corrected chi connectivity index (χ3v) is 6.04. The fourth-order valence-corrected chi connectivity index (χ4v) is 4.45. The highest BCUT2D eigenvalue weighted by atomic mass is 35.5. The Hall–Kier alpha value is -3.00. The minimum atomic E-state index is -1.12. The van der Waals surface area contributed by atoms with E-state index in [1.807, 2.05) is 12.1 Å². The minimum Gasteiger partial charge on any atom is -0.370 e. The minimum absolute atomic E-state index is 0.117. The zero-order valence-electron chi connectivity index (χ0n) is 17.1. The van der Waals surface area contributed by atoms with E-state index in [4.69, 9.17) is 38.9 Å². The van der Waals surface area contributed by atoms with Crippen molar-refractivity contribution in [1.29, 1.82) is 0 Å². The van der Waals surface area contributed by atoms with E-state index in [-0.39, 0.29) is 12.3 Å². The molecule has 9 heteroatoms. The number of hydrogen-bond donors (Lipinski definition) is 2. The normalized spacial score (nSPS) is 18.5. The maximum atomic E-state index is 12.9. The van der Waals surface area contributed by atoms with Gasteiger partial charge in [0.1, 0.15) is 5.54 Å². The van der Waals surface area contributed by atoms with Crippen molar-refractivity contribution in [2.45, 2.75) is 12.0 Å². The summed E-state index contributed by atoms with van der Waals surface area (Å²) in [5.74, 6) is -0.433. The number of hydrogen-bond acceptors (Lipinski definition) is 5. The molecular weight excluding hydrogens is 449 g/mol. The summed E-state index contributed by atoms with van der Waals surface area (Å²) in [6.07, 6.45) is 1.12. The summed E-state index contributed by atoms with van der Waals surface area (Å²) in [6.45, 7) is 4.86. The number of benzene rings is 2. The molecule has 2 heterocycles. The fourth-order valence-electron chi connectivity index (χ4n) is 4.15. The number of carbonyl (C=O) groups is 2. The van der Waals surface area contributed by atoms with Crippen LogP contribution in [-0.2, 0) is 15.1 Å². The highest BCUT2D eigenvalue weighted by Crippen LogP contribution is 2.38. The largest absolute Gasteiger partial charge is 0.370 e. The van der Waals surface area contributed by atoms with Crippen LogP contribution in [0.2, 0.25) is 10.0 Å². The number of rotatable bonds is 5. The number of nitrogens with one attached hydrogen (secondary N) is 1. The Morgan fingerprint density at radius 3 is 2.56 bits per heavy atom. The van der Waals surface area contributed by atoms with Gasteiger partial charge in [0.05, 0.1) is 17.6 Å². The van der Waals surface area contributed by atoms with Crippen LogP contribution in [0.25, 0.3) is 22.3 Å². The molecule has 0 saturated carbocycles. The second-order valence-corrected chi connectivity index (χ2v) is 8.48. The molecule has 1 fully saturated rings. The Morgan fingerprint density at radius 1 is 1.16 bits per heavy atom. The predicted octanol–water partition coefficient (Wildman–Crippen LogP) is 3.29. The number of carbonyl (C=O) groups excluding carboxylic acids is 2. The highest BCUT2D eigenvalue weighted by Gasteiger charge is 2.46. The summed E-state index contributed by atoms with van der Waals surface area (Å²) >= 11 is 12.3. The number of piperazine rings is 1. The monoisotopic (exact) mass is 469 g/mol. The average molecular weight is 470 g/mol. The van der Waals surface area contributed by atoms with Crippen LogP contribution < -0.4 is 11.1 Å². The molecule has 0 aliphatic carbocycles. The first kappa shape index (κ1) is 22.2. The molecule has 0 bridgehead atoms. The average Bonchev–Trinajstić information content (AvgIpc) is 2.78. The summed E-state index contributed by atoms with van der Waals surface area (Å²) in [5, 5.41) is 5.06. The van der Waals surface area contributed by atoms with Gasteiger partial charge in [-0.3, -0.25) is 9.59 Å². The molecule has 32 heavy (non-hydrogen) atoms. The van der Waals surface area contributed by atoms with Crippen LogP contribution >= 0.6 is 23.2 Å². The van der Waals surface area contributed by atoms with Gasteiger partial charge in [-0.2, -0.15) is 0 Å². The summed E-state index contributed by atoms with van der Waals surface area (Å²) in [5.41, 5.74) is 6.40. The smallest absolute Gasteiger partial charge is 0.246 e. The molecular formula is C23H21Cl2N5O2. The van der Waals surface area contributed by atoms with E-state index in [1.54, 1.807) is 35.2 Å². The van der Waals surface area contributed by atoms with E-state index in [9.17, 15) is 9.59 Å². The molecule has 1 atom stereocenters. The molecule has 0 radical (unpaired) electrons. The molecule has 1 aliphatic heterocycles. The van der Waals surface area contributed by atoms with Gasteiger partial charge in [-0.15, -0.1) is 0 Å². The van der Waals surface area contributed by atoms with E-state index < -0.39 is 11.4 Å². The molecule has 1 unspecified atom stereocenters. The Kier molecular flexibility index (Phi) is 6.15. The molecule has 4 rings (SSSR count). The fraction of sp³-hybridized carbons (Fsp3) is 0.217. The molecule has 2 aromatic carbocycles. The van der Waals surface area contributed by atoms with Crippen LogP contribution in [0, 0.1) is 0 Å². The third kappa shape index (κ3) is 4.07. The Bertz CT molecular complexity index is 1210. The molecule has 1 saturated heterocycles. The maximum Gasteiger partial charge on any atom is 0.246 e. The van der Waals surface area contributed by atoms with E-state index in [1.165, 1.54) is 6.08 Å². The van der Waals surface area contributed by atoms with E-state index in [0.29, 0.717) is 52.1 Å². The van der Waals surface area contributed by atoms with Crippen molar-refractivity contribution >= 4 is 45.9 Å². The molecule has 1 aromatic heterocycles. The second-order valence-electron chi connectivity index (χ2n) is 7.61. The number of amides is 2. The van der Waals surface area contributed by atoms with Gasteiger partial charge in [0.15, 0.2) is 5.82 Å². The molecule has 7 nitrogen and oxygen atoms in total. The first-order valence-corrected chi connectivity index (χ1v) is 10.8. The Labute approximate surface area is 195 Å². The SMILES string of the molecule is C=CC(=O)N1CCNCC1(CC(N)=O)c1nc(-c2ccc(Cl)cc2)nc2cc(Cl)ccc12. The molecule has 1 aliphatic rings. The van der Waals surface area contributed by atoms with Gasteiger partial charge < -0.3 is 16.0 Å². The van der Waals surface area contributed by atoms with Crippen molar-refractivity contribution in [3.63, 3.8) is 0 Å². The Morgan fingerprint density at radius 2 is 1.88 bits per heavy atom. The van der Waals surface area contributed by atoms with Gasteiger partial charge in [0.2, 0.25) is 11.8 Å². The van der Waals surface area contributed by atoms with Gasteiger partial charge in [0, 0.05) is 40.6 Å². The van der Waals surface area contributed by atoms with E-state index in [2.05, 4.69) is 11.9 Å². The molecule has 164 valence electrons. The van der Waals surface area contributed by atoms with E-state index in [0.717, 1.165) is 5.56 Å². The third-order valence-electron chi connectivity index (χ3n) is 5.56. The zero-order valence-corrected chi connectivity index (χ0v) is 18.7. The second kappa shape index (κ2) is 8.86. The van der Waals surface area contributed by atoms with Gasteiger partial charge >= 0.3 is 0 Å². The van der Waals surface area contributed by atoms with Crippen LogP contribution in [0.4, 0.5) is 0 Å². The molecule has 2 amide bonds. The maximum absolute atomic E-state index is 12.9. The van der Waals surface area contributed by atoms with Gasteiger partial charge in [-0.1, -0.05) is 29.8 Å². The zero-order chi connectivity index (χ0) is 22.9. The standard InChI is InChI=1S/C23H21Cl2N5O2/c1-2-20(32)30-10-9-27-13-23(30,12-19(26)31)21-17-8-7-16(25)11-18(17)28-22(29-21)14-3-5-15(24)6-4-14/h2-8,11,27H,1,9-10,12-13H2,(H2,26,31). The summed E-state index contributed by atoms with van der Waals surface area (Å²) in [7, 11) is 0. The number of fused-ring (bicyclic) bond motifs is 1. The molecule has 3 N–H and O–H groups in total. The van der Waals surface area contributed by atoms with E-state index >= 15 is 0 Å². The summed E-state index contributed by atoms with van der Waals surface area (Å²) < 4.78 is 0. The summed E-state index contributed by atoms with van der Waals surface area (Å²) in [4.78, 5) is 36.3. The Balaban J connectivity index is 2.04. The quantitative estimate of drug-likeness (QED) is 0.558. The van der Waals surface area contributed by atoms with Crippen LogP contribution in [0.3, 0.4) is 0 Å². The van der Waals surface area contributed by atoms with Crippen LogP contribution in [-0.4, -0.2) is 46.3 Å². The first-order valence-electron chi connectivity index (χ1n) is 10.0. The summed E-state index contributed by atoms with van der Waals surface area (Å²) in [6, 6.07) is 12.4. The lowest BCUT2D eigenvalue weighted by Crippen LogP contribution is -2.62. The first-order chi connectivity index (χ1) is 15.3. The topological polar surface area (TPSA) is 101 Å². The van der Waals surface area contributed by atoms with Crippen molar-refractivity contribution in [3.8, 4) is 11.4 Å². The van der Waals surface area contributed by atoms with Gasteiger partial charge in [0.25, 0.3) is 0 Å². The number of nitrogens with two attached hydrogens (primary N) is 1. The lowest BCUT2D eigenvalue weighted by molar-refractivity contribution is -0.137.